The van der Waals surface area contributed by atoms with Crippen LogP contribution in [0.5, 0.6) is 0 Å². The molecule has 9 aromatic carbocycles. The molecule has 0 amide bonds. The molecule has 266 valence electrons. The van der Waals surface area contributed by atoms with Gasteiger partial charge in [-0.3, -0.25) is 0 Å². The Bertz CT molecular complexity index is 3240. The molecule has 0 radical (unpaired) electrons. The topological polar surface area (TPSA) is 25.8 Å². The van der Waals surface area contributed by atoms with Crippen molar-refractivity contribution in [3.05, 3.63) is 206 Å². The van der Waals surface area contributed by atoms with Crippen LogP contribution in [0.3, 0.4) is 0 Å². The first-order chi connectivity index (χ1) is 28.2. The van der Waals surface area contributed by atoms with E-state index in [1.807, 2.05) is 17.4 Å². The van der Waals surface area contributed by atoms with E-state index in [1.165, 1.54) is 69.5 Å². The molecule has 2 nitrogen and oxygen atoms in total. The van der Waals surface area contributed by atoms with Crippen LogP contribution in [0.1, 0.15) is 0 Å². The molecule has 0 fully saturated rings. The molecule has 2 aromatic heterocycles. The van der Waals surface area contributed by atoms with E-state index in [1.54, 1.807) is 0 Å². The highest BCUT2D eigenvalue weighted by Crippen LogP contribution is 2.41. The number of thiophene rings is 1. The number of benzene rings is 9. The van der Waals surface area contributed by atoms with Crippen LogP contribution in [0.15, 0.2) is 206 Å². The first-order valence-corrected chi connectivity index (χ1v) is 20.1. The number of hydrogen-bond donors (Lipinski definition) is 0. The lowest BCUT2D eigenvalue weighted by Gasteiger charge is -2.15. The van der Waals surface area contributed by atoms with Crippen LogP contribution in [0, 0.1) is 0 Å². The van der Waals surface area contributed by atoms with Crippen LogP contribution in [0.2, 0.25) is 0 Å². The van der Waals surface area contributed by atoms with Gasteiger partial charge in [-0.2, -0.15) is 0 Å². The lowest BCUT2D eigenvalue weighted by molar-refractivity contribution is 1.18. The van der Waals surface area contributed by atoms with E-state index in [-0.39, 0.29) is 0 Å². The van der Waals surface area contributed by atoms with Crippen molar-refractivity contribution in [2.75, 3.05) is 0 Å². The second kappa shape index (κ2) is 13.8. The Balaban J connectivity index is 1.04. The molecule has 11 aromatic rings. The van der Waals surface area contributed by atoms with Crippen molar-refractivity contribution in [1.29, 1.82) is 0 Å². The number of rotatable bonds is 6. The average molecular weight is 743 g/mol. The van der Waals surface area contributed by atoms with Crippen molar-refractivity contribution in [2.45, 2.75) is 0 Å². The predicted octanol–water partition coefficient (Wildman–Crippen LogP) is 15.2. The number of hydrogen-bond acceptors (Lipinski definition) is 3. The van der Waals surface area contributed by atoms with Crippen LogP contribution in [-0.4, -0.2) is 9.97 Å². The molecule has 0 saturated heterocycles. The van der Waals surface area contributed by atoms with Crippen LogP contribution in [0.25, 0.3) is 109 Å². The Morgan fingerprint density at radius 3 is 1.70 bits per heavy atom. The molecule has 0 aliphatic heterocycles. The van der Waals surface area contributed by atoms with Crippen molar-refractivity contribution < 1.29 is 0 Å². The first kappa shape index (κ1) is 33.2. The Morgan fingerprint density at radius 1 is 0.298 bits per heavy atom. The Labute approximate surface area is 335 Å². The fraction of sp³-hybridized carbons (Fsp3) is 0. The standard InChI is InChI=1S/C54H34N2S/c1-2-11-35(12-3-1)36-21-27-40(28-22-36)54-55-49(34-50(56-54)42-16-10-17-43(31-42)52-33-44-15-6-9-20-51(44)57-52)38-23-25-39(26-24-38)53-46-19-8-5-14-41(46)32-48-45-18-7-4-13-37(45)29-30-47(48)53/h1-34H. The molecular weight excluding hydrogens is 709 g/mol. The quantitative estimate of drug-likeness (QED) is 0.125. The monoisotopic (exact) mass is 742 g/mol. The molecule has 57 heavy (non-hydrogen) atoms. The highest BCUT2D eigenvalue weighted by molar-refractivity contribution is 7.22. The molecule has 3 heteroatoms. The largest absolute Gasteiger partial charge is 0.228 e. The van der Waals surface area contributed by atoms with Gasteiger partial charge in [0.2, 0.25) is 0 Å². The number of fused-ring (bicyclic) bond motifs is 5. The van der Waals surface area contributed by atoms with E-state index in [9.17, 15) is 0 Å². The molecule has 11 rings (SSSR count). The smallest absolute Gasteiger partial charge is 0.160 e. The summed E-state index contributed by atoms with van der Waals surface area (Å²) in [5, 5.41) is 8.80. The van der Waals surface area contributed by atoms with Gasteiger partial charge in [0.25, 0.3) is 0 Å². The normalized spacial score (nSPS) is 11.5. The third kappa shape index (κ3) is 6.06. The van der Waals surface area contributed by atoms with Gasteiger partial charge in [0.15, 0.2) is 5.82 Å². The van der Waals surface area contributed by atoms with E-state index >= 15 is 0 Å². The molecule has 0 aliphatic rings. The van der Waals surface area contributed by atoms with Gasteiger partial charge in [0.05, 0.1) is 11.4 Å². The minimum atomic E-state index is 0.699. The van der Waals surface area contributed by atoms with Gasteiger partial charge in [-0.25, -0.2) is 9.97 Å². The molecule has 0 aliphatic carbocycles. The van der Waals surface area contributed by atoms with Crippen molar-refractivity contribution in [3.8, 4) is 66.6 Å². The van der Waals surface area contributed by atoms with E-state index < -0.39 is 0 Å². The second-order valence-corrected chi connectivity index (χ2v) is 15.7. The third-order valence-corrected chi connectivity index (χ3v) is 12.2. The summed E-state index contributed by atoms with van der Waals surface area (Å²) in [4.78, 5) is 11.7. The Morgan fingerprint density at radius 2 is 0.895 bits per heavy atom. The van der Waals surface area contributed by atoms with Crippen LogP contribution < -0.4 is 0 Å². The van der Waals surface area contributed by atoms with Crippen LogP contribution in [-0.2, 0) is 0 Å². The average Bonchev–Trinajstić information content (AvgIpc) is 3.73. The van der Waals surface area contributed by atoms with Gasteiger partial charge < -0.3 is 0 Å². The summed E-state index contributed by atoms with van der Waals surface area (Å²) in [7, 11) is 0. The maximum atomic E-state index is 5.24. The molecule has 0 atom stereocenters. The lowest BCUT2D eigenvalue weighted by Crippen LogP contribution is -1.96. The molecule has 0 spiro atoms. The summed E-state index contributed by atoms with van der Waals surface area (Å²) in [5.41, 5.74) is 10.8. The van der Waals surface area contributed by atoms with Gasteiger partial charge in [-0.05, 0) is 95.9 Å². The lowest BCUT2D eigenvalue weighted by atomic mass is 9.89. The van der Waals surface area contributed by atoms with Crippen LogP contribution >= 0.6 is 11.3 Å². The van der Waals surface area contributed by atoms with Crippen molar-refractivity contribution in [2.24, 2.45) is 0 Å². The molecule has 0 saturated carbocycles. The highest BCUT2D eigenvalue weighted by atomic mass is 32.1. The highest BCUT2D eigenvalue weighted by Gasteiger charge is 2.16. The Kier molecular flexibility index (Phi) is 8.04. The maximum absolute atomic E-state index is 5.24. The van der Waals surface area contributed by atoms with Gasteiger partial charge in [0, 0.05) is 26.3 Å². The van der Waals surface area contributed by atoms with E-state index in [4.69, 9.17) is 9.97 Å². The van der Waals surface area contributed by atoms with Crippen LogP contribution in [0.4, 0.5) is 0 Å². The van der Waals surface area contributed by atoms with E-state index in [2.05, 4.69) is 200 Å². The third-order valence-electron chi connectivity index (χ3n) is 11.1. The summed E-state index contributed by atoms with van der Waals surface area (Å²) in [6, 6.07) is 74.0. The Hall–Kier alpha value is -7.20. The summed E-state index contributed by atoms with van der Waals surface area (Å²) in [6.45, 7) is 0. The van der Waals surface area contributed by atoms with Crippen molar-refractivity contribution in [3.63, 3.8) is 0 Å². The SMILES string of the molecule is c1ccc(-c2ccc(-c3nc(-c4ccc(-c5c6ccccc6cc6c5ccc5ccccc56)cc4)cc(-c4cccc(-c5cc6ccccc6s5)c4)n3)cc2)cc1. The molecular formula is C54H34N2S. The minimum absolute atomic E-state index is 0.699. The van der Waals surface area contributed by atoms with Crippen molar-refractivity contribution in [1.82, 2.24) is 9.97 Å². The summed E-state index contributed by atoms with van der Waals surface area (Å²) in [6.07, 6.45) is 0. The first-order valence-electron chi connectivity index (χ1n) is 19.3. The van der Waals surface area contributed by atoms with Gasteiger partial charge in [-0.15, -0.1) is 11.3 Å². The maximum Gasteiger partial charge on any atom is 0.160 e. The summed E-state index contributed by atoms with van der Waals surface area (Å²) in [5.74, 6) is 0.699. The van der Waals surface area contributed by atoms with E-state index in [0.717, 1.165) is 33.6 Å². The predicted molar refractivity (Wildman–Crippen MR) is 243 cm³/mol. The van der Waals surface area contributed by atoms with Gasteiger partial charge in [0.1, 0.15) is 0 Å². The minimum Gasteiger partial charge on any atom is -0.228 e. The zero-order chi connectivity index (χ0) is 37.7. The molecule has 0 unspecified atom stereocenters. The number of aromatic nitrogens is 2. The van der Waals surface area contributed by atoms with Crippen molar-refractivity contribution >= 4 is 53.7 Å². The van der Waals surface area contributed by atoms with Gasteiger partial charge in [-0.1, -0.05) is 176 Å². The fourth-order valence-corrected chi connectivity index (χ4v) is 9.27. The fourth-order valence-electron chi connectivity index (χ4n) is 8.21. The second-order valence-electron chi connectivity index (χ2n) is 14.6. The molecule has 0 bridgehead atoms. The summed E-state index contributed by atoms with van der Waals surface area (Å²) < 4.78 is 1.29. The zero-order valence-corrected chi connectivity index (χ0v) is 31.7. The molecule has 0 N–H and O–H groups in total. The van der Waals surface area contributed by atoms with E-state index in [0.29, 0.717) is 5.82 Å². The molecule has 2 heterocycles. The zero-order valence-electron chi connectivity index (χ0n) is 30.9. The summed E-state index contributed by atoms with van der Waals surface area (Å²) >= 11 is 1.82. The number of nitrogens with zero attached hydrogens (tertiary/aromatic N) is 2. The van der Waals surface area contributed by atoms with Gasteiger partial charge >= 0.3 is 0 Å².